The van der Waals surface area contributed by atoms with Gasteiger partial charge in [0.15, 0.2) is 0 Å². The van der Waals surface area contributed by atoms with Crippen molar-refractivity contribution in [1.29, 1.82) is 0 Å². The number of hydrogen-bond donors (Lipinski definition) is 0. The first-order valence-electron chi connectivity index (χ1n) is 10.4. The van der Waals surface area contributed by atoms with Crippen LogP contribution in [-0.4, -0.2) is 5.78 Å². The zero-order valence-corrected chi connectivity index (χ0v) is 17.2. The molecule has 2 fully saturated rings. The predicted molar refractivity (Wildman–Crippen MR) is 112 cm³/mol. The molecule has 0 saturated heterocycles. The monoisotopic (exact) mass is 386 g/mol. The molecular weight excluding hydrogens is 356 g/mol. The van der Waals surface area contributed by atoms with Gasteiger partial charge in [-0.05, 0) is 47.6 Å². The number of thiophene rings is 2. The molecule has 0 N–H and O–H groups in total. The fraction of sp³-hybridized carbons (Fsp3) is 0.609. The van der Waals surface area contributed by atoms with Crippen molar-refractivity contribution >= 4 is 28.5 Å². The maximum Gasteiger partial charge on any atom is 0.149 e. The Morgan fingerprint density at radius 2 is 1.23 bits per heavy atom. The summed E-state index contributed by atoms with van der Waals surface area (Å²) in [5.74, 6) is 2.25. The summed E-state index contributed by atoms with van der Waals surface area (Å²) in [4.78, 5) is 16.4. The fourth-order valence-electron chi connectivity index (χ4n) is 5.13. The van der Waals surface area contributed by atoms with Crippen molar-refractivity contribution in [3.63, 3.8) is 0 Å². The van der Waals surface area contributed by atoms with Gasteiger partial charge in [-0.25, -0.2) is 0 Å². The topological polar surface area (TPSA) is 17.1 Å². The largest absolute Gasteiger partial charge is 0.298 e. The molecule has 2 atom stereocenters. The van der Waals surface area contributed by atoms with Crippen molar-refractivity contribution in [3.05, 3.63) is 44.8 Å². The third kappa shape index (κ3) is 4.31. The molecule has 0 spiro atoms. The lowest BCUT2D eigenvalue weighted by molar-refractivity contribution is -0.122. The molecule has 0 aromatic carbocycles. The van der Waals surface area contributed by atoms with E-state index >= 15 is 0 Å². The molecule has 2 aromatic heterocycles. The molecule has 2 aromatic rings. The van der Waals surface area contributed by atoms with Gasteiger partial charge in [0.05, 0.1) is 11.8 Å². The third-order valence-electron chi connectivity index (χ3n) is 6.55. The highest BCUT2D eigenvalue weighted by molar-refractivity contribution is 7.10. The van der Waals surface area contributed by atoms with Crippen LogP contribution in [-0.2, 0) is 4.79 Å². The fourth-order valence-corrected chi connectivity index (χ4v) is 6.82. The van der Waals surface area contributed by atoms with Crippen molar-refractivity contribution < 1.29 is 4.79 Å². The van der Waals surface area contributed by atoms with E-state index in [1.807, 2.05) is 0 Å². The SMILES string of the molecule is O=C(C(CC1CCCC1)c1cccs1)C(CC1CCCC1)c1cccs1. The summed E-state index contributed by atoms with van der Waals surface area (Å²) in [6.07, 6.45) is 12.8. The van der Waals surface area contributed by atoms with Gasteiger partial charge in [0.1, 0.15) is 5.78 Å². The molecule has 2 unspecified atom stereocenters. The number of ketones is 1. The lowest BCUT2D eigenvalue weighted by atomic mass is 9.80. The van der Waals surface area contributed by atoms with Crippen molar-refractivity contribution in [3.8, 4) is 0 Å². The highest BCUT2D eigenvalue weighted by Crippen LogP contribution is 2.42. The minimum absolute atomic E-state index is 0.117. The molecule has 0 amide bonds. The van der Waals surface area contributed by atoms with E-state index in [0.29, 0.717) is 5.78 Å². The summed E-state index contributed by atoms with van der Waals surface area (Å²) < 4.78 is 0. The zero-order chi connectivity index (χ0) is 17.8. The lowest BCUT2D eigenvalue weighted by Crippen LogP contribution is -2.23. The van der Waals surface area contributed by atoms with Crippen molar-refractivity contribution in [2.75, 3.05) is 0 Å². The van der Waals surface area contributed by atoms with E-state index < -0.39 is 0 Å². The van der Waals surface area contributed by atoms with Crippen LogP contribution < -0.4 is 0 Å². The van der Waals surface area contributed by atoms with E-state index in [-0.39, 0.29) is 11.8 Å². The number of carbonyl (C=O) groups excluding carboxylic acids is 1. The van der Waals surface area contributed by atoms with Crippen LogP contribution in [0, 0.1) is 11.8 Å². The van der Waals surface area contributed by atoms with Crippen LogP contribution in [0.25, 0.3) is 0 Å². The van der Waals surface area contributed by atoms with E-state index in [4.69, 9.17) is 0 Å². The Bertz CT molecular complexity index is 603. The Balaban J connectivity index is 1.57. The van der Waals surface area contributed by atoms with Crippen LogP contribution in [0.2, 0.25) is 0 Å². The van der Waals surface area contributed by atoms with E-state index in [2.05, 4.69) is 35.0 Å². The molecular formula is C23H30OS2. The Morgan fingerprint density at radius 1 is 0.808 bits per heavy atom. The Hall–Kier alpha value is -0.930. The van der Waals surface area contributed by atoms with Crippen LogP contribution in [0.4, 0.5) is 0 Å². The molecule has 2 aliphatic rings. The summed E-state index contributed by atoms with van der Waals surface area (Å²) in [5, 5.41) is 4.28. The second-order valence-electron chi connectivity index (χ2n) is 8.31. The minimum Gasteiger partial charge on any atom is -0.298 e. The van der Waals surface area contributed by atoms with Crippen LogP contribution in [0.1, 0.15) is 85.8 Å². The third-order valence-corrected chi connectivity index (χ3v) is 8.52. The summed E-state index contributed by atoms with van der Waals surface area (Å²) in [7, 11) is 0. The molecule has 2 heterocycles. The smallest absolute Gasteiger partial charge is 0.149 e. The highest BCUT2D eigenvalue weighted by Gasteiger charge is 2.34. The van der Waals surface area contributed by atoms with Crippen LogP contribution >= 0.6 is 22.7 Å². The second-order valence-corrected chi connectivity index (χ2v) is 10.3. The average molecular weight is 387 g/mol. The average Bonchev–Trinajstić information content (AvgIpc) is 3.44. The Morgan fingerprint density at radius 3 is 1.58 bits per heavy atom. The normalized spacial score (nSPS) is 21.2. The summed E-state index contributed by atoms with van der Waals surface area (Å²) in [6, 6.07) is 8.63. The summed E-state index contributed by atoms with van der Waals surface area (Å²) in [5.41, 5.74) is 0. The first kappa shape index (κ1) is 18.4. The van der Waals surface area contributed by atoms with E-state index in [1.165, 1.54) is 61.1 Å². The standard InChI is InChI=1S/C23H30OS2/c24-23(19(21-11-5-13-25-21)15-17-7-1-2-8-17)20(22-12-6-14-26-22)16-18-9-3-4-10-18/h5-6,11-14,17-20H,1-4,7-10,15-16H2. The van der Waals surface area contributed by atoms with Gasteiger partial charge in [-0.1, -0.05) is 63.5 Å². The quantitative estimate of drug-likeness (QED) is 0.461. The van der Waals surface area contributed by atoms with Gasteiger partial charge in [-0.15, -0.1) is 22.7 Å². The van der Waals surface area contributed by atoms with Gasteiger partial charge in [-0.2, -0.15) is 0 Å². The van der Waals surface area contributed by atoms with Crippen LogP contribution in [0.5, 0.6) is 0 Å². The maximum absolute atomic E-state index is 13.8. The molecule has 0 radical (unpaired) electrons. The first-order valence-corrected chi connectivity index (χ1v) is 12.2. The zero-order valence-electron chi connectivity index (χ0n) is 15.6. The van der Waals surface area contributed by atoms with Gasteiger partial charge in [0, 0.05) is 9.75 Å². The van der Waals surface area contributed by atoms with Gasteiger partial charge in [0.25, 0.3) is 0 Å². The molecule has 3 heteroatoms. The molecule has 2 saturated carbocycles. The van der Waals surface area contributed by atoms with Crippen LogP contribution in [0.3, 0.4) is 0 Å². The molecule has 0 aliphatic heterocycles. The summed E-state index contributed by atoms with van der Waals surface area (Å²) in [6.45, 7) is 0. The van der Waals surface area contributed by atoms with Crippen molar-refractivity contribution in [1.82, 2.24) is 0 Å². The molecule has 2 aliphatic carbocycles. The number of rotatable bonds is 8. The van der Waals surface area contributed by atoms with E-state index in [9.17, 15) is 4.79 Å². The molecule has 0 bridgehead atoms. The van der Waals surface area contributed by atoms with Gasteiger partial charge >= 0.3 is 0 Å². The Labute approximate surface area is 165 Å². The molecule has 1 nitrogen and oxygen atoms in total. The molecule has 4 rings (SSSR count). The molecule has 26 heavy (non-hydrogen) atoms. The maximum atomic E-state index is 13.8. The number of Topliss-reactive ketones (excluding diaryl/α,β-unsaturated/α-hetero) is 1. The van der Waals surface area contributed by atoms with E-state index in [1.54, 1.807) is 22.7 Å². The minimum atomic E-state index is 0.117. The van der Waals surface area contributed by atoms with E-state index in [0.717, 1.165) is 24.7 Å². The van der Waals surface area contributed by atoms with Crippen LogP contribution in [0.15, 0.2) is 35.0 Å². The Kier molecular flexibility index (Phi) is 6.27. The van der Waals surface area contributed by atoms with Crippen molar-refractivity contribution in [2.45, 2.75) is 76.0 Å². The summed E-state index contributed by atoms with van der Waals surface area (Å²) >= 11 is 3.57. The number of carbonyl (C=O) groups is 1. The predicted octanol–water partition coefficient (Wildman–Crippen LogP) is 7.41. The lowest BCUT2D eigenvalue weighted by Gasteiger charge is -2.25. The molecule has 140 valence electrons. The highest BCUT2D eigenvalue weighted by atomic mass is 32.1. The second kappa shape index (κ2) is 8.84. The number of hydrogen-bond acceptors (Lipinski definition) is 3. The van der Waals surface area contributed by atoms with Gasteiger partial charge < -0.3 is 0 Å². The van der Waals surface area contributed by atoms with Gasteiger partial charge in [0.2, 0.25) is 0 Å². The van der Waals surface area contributed by atoms with Gasteiger partial charge in [-0.3, -0.25) is 4.79 Å². The van der Waals surface area contributed by atoms with Crippen molar-refractivity contribution in [2.24, 2.45) is 11.8 Å². The first-order chi connectivity index (χ1) is 12.8.